The monoisotopic (exact) mass is 358 g/mol. The summed E-state index contributed by atoms with van der Waals surface area (Å²) in [6.07, 6.45) is 2.19. The van der Waals surface area contributed by atoms with Crippen molar-refractivity contribution in [3.8, 4) is 0 Å². The van der Waals surface area contributed by atoms with Gasteiger partial charge in [0.05, 0.1) is 13.1 Å². The molecule has 8 heteroatoms. The van der Waals surface area contributed by atoms with Gasteiger partial charge in [0.25, 0.3) is 0 Å². The lowest BCUT2D eigenvalue weighted by Gasteiger charge is -2.31. The van der Waals surface area contributed by atoms with Gasteiger partial charge >= 0.3 is 6.03 Å². The molecule has 0 aliphatic carbocycles. The number of piperidine rings is 1. The summed E-state index contributed by atoms with van der Waals surface area (Å²) < 4.78 is 5.05. The average Bonchev–Trinajstić information content (AvgIpc) is 3.10. The molecule has 0 bridgehead atoms. The Morgan fingerprint density at radius 2 is 2.19 bits per heavy atom. The fraction of sp³-hybridized carbons (Fsp3) is 0.500. The van der Waals surface area contributed by atoms with Gasteiger partial charge in [-0.3, -0.25) is 4.90 Å². The molecule has 1 aromatic heterocycles. The Balaban J connectivity index is 1.42. The molecule has 1 atom stereocenters. The highest BCUT2D eigenvalue weighted by Gasteiger charge is 2.22. The summed E-state index contributed by atoms with van der Waals surface area (Å²) in [6, 6.07) is 7.58. The number of nitrogens with zero attached hydrogens (tertiary/aromatic N) is 3. The van der Waals surface area contributed by atoms with Gasteiger partial charge in [0.1, 0.15) is 0 Å². The minimum Gasteiger partial charge on any atom is -0.338 e. The van der Waals surface area contributed by atoms with Crippen LogP contribution in [0.1, 0.15) is 30.1 Å². The van der Waals surface area contributed by atoms with Crippen molar-refractivity contribution in [2.24, 2.45) is 11.7 Å². The maximum atomic E-state index is 12.1. The van der Waals surface area contributed by atoms with Gasteiger partial charge in [0.2, 0.25) is 5.89 Å². The molecule has 2 aromatic rings. The fourth-order valence-electron chi connectivity index (χ4n) is 3.15. The maximum absolute atomic E-state index is 12.1. The summed E-state index contributed by atoms with van der Waals surface area (Å²) in [4.78, 5) is 18.6. The van der Waals surface area contributed by atoms with Gasteiger partial charge in [-0.15, -0.1) is 0 Å². The first kappa shape index (κ1) is 18.3. The average molecular weight is 358 g/mol. The van der Waals surface area contributed by atoms with Gasteiger partial charge in [-0.1, -0.05) is 22.9 Å². The second-order valence-electron chi connectivity index (χ2n) is 6.75. The third-order valence-electron chi connectivity index (χ3n) is 4.51. The number of carbonyl (C=O) groups is 1. The Labute approximate surface area is 153 Å². The zero-order chi connectivity index (χ0) is 18.4. The molecule has 3 rings (SSSR count). The van der Waals surface area contributed by atoms with E-state index in [-0.39, 0.29) is 12.6 Å². The number of anilines is 1. The van der Waals surface area contributed by atoms with Crippen molar-refractivity contribution in [2.45, 2.75) is 32.9 Å². The Kier molecular flexibility index (Phi) is 6.19. The van der Waals surface area contributed by atoms with Crippen LogP contribution in [0.3, 0.4) is 0 Å². The number of benzene rings is 1. The minimum atomic E-state index is -0.170. The minimum absolute atomic E-state index is 0.170. The smallest absolute Gasteiger partial charge is 0.319 e. The fourth-order valence-corrected chi connectivity index (χ4v) is 3.15. The summed E-state index contributed by atoms with van der Waals surface area (Å²) in [5.74, 6) is 1.53. The van der Waals surface area contributed by atoms with Crippen LogP contribution in [0.2, 0.25) is 0 Å². The molecular formula is C18H26N6O2. The molecule has 0 saturated carbocycles. The van der Waals surface area contributed by atoms with Crippen LogP contribution in [0.5, 0.6) is 0 Å². The molecule has 2 heterocycles. The van der Waals surface area contributed by atoms with Crippen molar-refractivity contribution in [3.05, 3.63) is 41.5 Å². The second-order valence-corrected chi connectivity index (χ2v) is 6.75. The number of rotatable bonds is 6. The van der Waals surface area contributed by atoms with Gasteiger partial charge in [0.15, 0.2) is 5.82 Å². The van der Waals surface area contributed by atoms with Crippen molar-refractivity contribution in [3.63, 3.8) is 0 Å². The molecule has 1 fully saturated rings. The second kappa shape index (κ2) is 8.77. The number of hydrogen-bond acceptors (Lipinski definition) is 6. The van der Waals surface area contributed by atoms with E-state index in [1.165, 1.54) is 5.56 Å². The number of carbonyl (C=O) groups excluding carboxylic acids is 1. The van der Waals surface area contributed by atoms with Crippen LogP contribution in [0.4, 0.5) is 10.5 Å². The number of nitrogens with two attached hydrogens (primary N) is 1. The van der Waals surface area contributed by atoms with Gasteiger partial charge < -0.3 is 20.9 Å². The van der Waals surface area contributed by atoms with Crippen LogP contribution in [0.15, 0.2) is 28.8 Å². The molecule has 1 aliphatic rings. The number of aromatic nitrogens is 2. The van der Waals surface area contributed by atoms with E-state index < -0.39 is 0 Å². The van der Waals surface area contributed by atoms with E-state index in [1.807, 2.05) is 31.2 Å². The van der Waals surface area contributed by atoms with E-state index in [0.717, 1.165) is 31.6 Å². The highest BCUT2D eigenvalue weighted by atomic mass is 16.5. The Morgan fingerprint density at radius 3 is 2.92 bits per heavy atom. The number of amides is 2. The zero-order valence-electron chi connectivity index (χ0n) is 15.1. The van der Waals surface area contributed by atoms with Crippen LogP contribution >= 0.6 is 0 Å². The Hall–Kier alpha value is -2.45. The molecule has 2 amide bonds. The predicted octanol–water partition coefficient (Wildman–Crippen LogP) is 1.87. The lowest BCUT2D eigenvalue weighted by Crippen LogP contribution is -2.41. The van der Waals surface area contributed by atoms with Crippen LogP contribution in [-0.2, 0) is 13.1 Å². The van der Waals surface area contributed by atoms with Gasteiger partial charge in [-0.2, -0.15) is 4.98 Å². The van der Waals surface area contributed by atoms with Crippen molar-refractivity contribution in [1.29, 1.82) is 0 Å². The predicted molar refractivity (Wildman–Crippen MR) is 98.4 cm³/mol. The van der Waals surface area contributed by atoms with E-state index in [4.69, 9.17) is 10.3 Å². The standard InChI is InChI=1S/C18H26N6O2/c1-13-4-6-15(7-5-13)21-18(25)20-10-14-3-2-8-24(11-14)12-16-22-17(9-19)26-23-16/h4-7,14H,2-3,8-12,19H2,1H3,(H2,20,21,25). The summed E-state index contributed by atoms with van der Waals surface area (Å²) in [6.45, 7) is 5.47. The molecule has 140 valence electrons. The molecule has 1 saturated heterocycles. The third-order valence-corrected chi connectivity index (χ3v) is 4.51. The lowest BCUT2D eigenvalue weighted by atomic mass is 9.98. The van der Waals surface area contributed by atoms with Crippen molar-refractivity contribution in [1.82, 2.24) is 20.4 Å². The van der Waals surface area contributed by atoms with E-state index in [0.29, 0.717) is 30.7 Å². The Morgan fingerprint density at radius 1 is 1.38 bits per heavy atom. The number of urea groups is 1. The highest BCUT2D eigenvalue weighted by molar-refractivity contribution is 5.89. The van der Waals surface area contributed by atoms with E-state index in [2.05, 4.69) is 25.7 Å². The molecule has 8 nitrogen and oxygen atoms in total. The van der Waals surface area contributed by atoms with E-state index >= 15 is 0 Å². The first-order valence-electron chi connectivity index (χ1n) is 8.98. The summed E-state index contributed by atoms with van der Waals surface area (Å²) in [7, 11) is 0. The number of nitrogens with one attached hydrogen (secondary N) is 2. The maximum Gasteiger partial charge on any atom is 0.319 e. The largest absolute Gasteiger partial charge is 0.338 e. The molecule has 0 spiro atoms. The van der Waals surface area contributed by atoms with E-state index in [9.17, 15) is 4.79 Å². The van der Waals surface area contributed by atoms with Gasteiger partial charge in [-0.05, 0) is 44.4 Å². The molecular weight excluding hydrogens is 332 g/mol. The first-order valence-corrected chi connectivity index (χ1v) is 8.98. The topological polar surface area (TPSA) is 109 Å². The first-order chi connectivity index (χ1) is 12.6. The van der Waals surface area contributed by atoms with Gasteiger partial charge in [-0.25, -0.2) is 4.79 Å². The number of hydrogen-bond donors (Lipinski definition) is 3. The summed E-state index contributed by atoms with van der Waals surface area (Å²) >= 11 is 0. The summed E-state index contributed by atoms with van der Waals surface area (Å²) in [5.41, 5.74) is 7.46. The van der Waals surface area contributed by atoms with Crippen LogP contribution in [0.25, 0.3) is 0 Å². The molecule has 1 aromatic carbocycles. The quantitative estimate of drug-likeness (QED) is 0.727. The van der Waals surface area contributed by atoms with Crippen molar-refractivity contribution in [2.75, 3.05) is 25.0 Å². The highest BCUT2D eigenvalue weighted by Crippen LogP contribution is 2.17. The molecule has 0 radical (unpaired) electrons. The molecule has 4 N–H and O–H groups in total. The normalized spacial score (nSPS) is 17.8. The number of likely N-dealkylation sites (tertiary alicyclic amines) is 1. The van der Waals surface area contributed by atoms with E-state index in [1.54, 1.807) is 0 Å². The SMILES string of the molecule is Cc1ccc(NC(=O)NCC2CCCN(Cc3noc(CN)n3)C2)cc1. The summed E-state index contributed by atoms with van der Waals surface area (Å²) in [5, 5.41) is 9.78. The molecule has 1 unspecified atom stereocenters. The van der Waals surface area contributed by atoms with Crippen molar-refractivity contribution < 1.29 is 9.32 Å². The van der Waals surface area contributed by atoms with Gasteiger partial charge in [0, 0.05) is 18.8 Å². The Bertz CT molecular complexity index is 715. The zero-order valence-corrected chi connectivity index (χ0v) is 15.1. The molecule has 26 heavy (non-hydrogen) atoms. The third kappa shape index (κ3) is 5.27. The lowest BCUT2D eigenvalue weighted by molar-refractivity contribution is 0.161. The van der Waals surface area contributed by atoms with Crippen molar-refractivity contribution >= 4 is 11.7 Å². The molecule has 1 aliphatic heterocycles. The van der Waals surface area contributed by atoms with Crippen LogP contribution in [0, 0.1) is 12.8 Å². The van der Waals surface area contributed by atoms with Crippen LogP contribution < -0.4 is 16.4 Å². The number of aryl methyl sites for hydroxylation is 1. The van der Waals surface area contributed by atoms with Crippen LogP contribution in [-0.4, -0.2) is 40.7 Å².